The van der Waals surface area contributed by atoms with Gasteiger partial charge in [-0.3, -0.25) is 0 Å². The molecule has 0 atom stereocenters. The summed E-state index contributed by atoms with van der Waals surface area (Å²) in [4.78, 5) is 4.19. The number of pyridine rings is 1. The summed E-state index contributed by atoms with van der Waals surface area (Å²) < 4.78 is 6.85. The van der Waals surface area contributed by atoms with E-state index in [0.29, 0.717) is 12.4 Å². The largest absolute Gasteiger partial charge is 0.487 e. The van der Waals surface area contributed by atoms with E-state index in [4.69, 9.17) is 10.5 Å². The molecule has 0 aliphatic heterocycles. The molecule has 2 rings (SSSR count). The topological polar surface area (TPSA) is 48.1 Å². The number of nitrogens with two attached hydrogens (primary N) is 1. The molecule has 0 bridgehead atoms. The fourth-order valence-corrected chi connectivity index (χ4v) is 1.95. The molecule has 4 heteroatoms. The van der Waals surface area contributed by atoms with Crippen LogP contribution in [0.2, 0.25) is 0 Å². The Kier molecular flexibility index (Phi) is 3.87. The molecule has 2 N–H and O–H groups in total. The minimum absolute atomic E-state index is 0.422. The van der Waals surface area contributed by atoms with Crippen molar-refractivity contribution in [3.8, 4) is 5.75 Å². The number of hydrogen-bond acceptors (Lipinski definition) is 3. The monoisotopic (exact) mass is 306 g/mol. The number of nitrogens with zero attached hydrogens (tertiary/aromatic N) is 1. The maximum atomic E-state index is 5.72. The van der Waals surface area contributed by atoms with Gasteiger partial charge in [0.05, 0.1) is 5.69 Å². The minimum Gasteiger partial charge on any atom is -0.487 e. The summed E-state index contributed by atoms with van der Waals surface area (Å²) in [7, 11) is 0. The van der Waals surface area contributed by atoms with Crippen LogP contribution in [0, 0.1) is 13.8 Å². The molecule has 0 saturated heterocycles. The third-order valence-corrected chi connectivity index (χ3v) is 3.88. The van der Waals surface area contributed by atoms with Crippen LogP contribution in [0.15, 0.2) is 34.8 Å². The van der Waals surface area contributed by atoms with Crippen molar-refractivity contribution in [1.82, 2.24) is 4.98 Å². The molecule has 0 saturated carbocycles. The van der Waals surface area contributed by atoms with Gasteiger partial charge in [0.15, 0.2) is 0 Å². The smallest absolute Gasteiger partial charge is 0.130 e. The normalized spacial score (nSPS) is 10.4. The second-order valence-corrected chi connectivity index (χ2v) is 5.01. The van der Waals surface area contributed by atoms with Crippen molar-refractivity contribution in [3.05, 3.63) is 51.6 Å². The van der Waals surface area contributed by atoms with Gasteiger partial charge in [0.25, 0.3) is 0 Å². The highest BCUT2D eigenvalue weighted by Crippen LogP contribution is 2.26. The Hall–Kier alpha value is -1.55. The van der Waals surface area contributed by atoms with Gasteiger partial charge in [-0.05, 0) is 49.2 Å². The molecular weight excluding hydrogens is 292 g/mol. The van der Waals surface area contributed by atoms with E-state index in [1.54, 1.807) is 6.07 Å². The first kappa shape index (κ1) is 12.9. The van der Waals surface area contributed by atoms with Gasteiger partial charge in [0.1, 0.15) is 18.2 Å². The molecule has 2 aromatic rings. The molecule has 94 valence electrons. The average molecular weight is 307 g/mol. The Morgan fingerprint density at radius 3 is 2.50 bits per heavy atom. The Morgan fingerprint density at radius 2 is 1.89 bits per heavy atom. The highest BCUT2D eigenvalue weighted by Gasteiger charge is 2.04. The summed E-state index contributed by atoms with van der Waals surface area (Å²) in [5.41, 5.74) is 8.77. The van der Waals surface area contributed by atoms with Crippen LogP contribution in [-0.2, 0) is 6.61 Å². The zero-order chi connectivity index (χ0) is 13.1. The lowest BCUT2D eigenvalue weighted by Crippen LogP contribution is -2.01. The summed E-state index contributed by atoms with van der Waals surface area (Å²) in [5, 5.41) is 0. The van der Waals surface area contributed by atoms with Gasteiger partial charge in [-0.1, -0.05) is 22.0 Å². The molecule has 0 aliphatic carbocycles. The second kappa shape index (κ2) is 5.40. The molecule has 1 aromatic carbocycles. The van der Waals surface area contributed by atoms with E-state index in [2.05, 4.69) is 20.9 Å². The zero-order valence-electron chi connectivity index (χ0n) is 10.4. The lowest BCUT2D eigenvalue weighted by atomic mass is 10.1. The Morgan fingerprint density at radius 1 is 1.22 bits per heavy atom. The van der Waals surface area contributed by atoms with Gasteiger partial charge in [-0.2, -0.15) is 0 Å². The summed E-state index contributed by atoms with van der Waals surface area (Å²) in [6.45, 7) is 4.51. The number of benzene rings is 1. The number of hydrogen-bond donors (Lipinski definition) is 1. The number of aromatic nitrogens is 1. The number of nitrogen functional groups attached to an aromatic ring is 1. The fourth-order valence-electron chi connectivity index (χ4n) is 1.73. The number of ether oxygens (including phenoxy) is 1. The van der Waals surface area contributed by atoms with E-state index in [0.717, 1.165) is 27.0 Å². The third-order valence-electron chi connectivity index (χ3n) is 2.62. The van der Waals surface area contributed by atoms with E-state index in [1.165, 1.54) is 0 Å². The predicted molar refractivity (Wildman–Crippen MR) is 76.6 cm³/mol. The second-order valence-electron chi connectivity index (χ2n) is 4.21. The first-order chi connectivity index (χ1) is 8.56. The molecule has 1 aromatic heterocycles. The van der Waals surface area contributed by atoms with E-state index in [-0.39, 0.29) is 0 Å². The Balaban J connectivity index is 2.11. The van der Waals surface area contributed by atoms with E-state index in [9.17, 15) is 0 Å². The molecule has 0 amide bonds. The highest BCUT2D eigenvalue weighted by atomic mass is 79.9. The van der Waals surface area contributed by atoms with E-state index in [1.807, 2.05) is 38.1 Å². The van der Waals surface area contributed by atoms with Crippen molar-refractivity contribution in [2.45, 2.75) is 20.5 Å². The van der Waals surface area contributed by atoms with Crippen LogP contribution >= 0.6 is 15.9 Å². The van der Waals surface area contributed by atoms with Crippen LogP contribution in [-0.4, -0.2) is 4.98 Å². The lowest BCUT2D eigenvalue weighted by Gasteiger charge is -2.10. The summed E-state index contributed by atoms with van der Waals surface area (Å²) in [6, 6.07) is 9.54. The third kappa shape index (κ3) is 3.01. The number of aryl methyl sites for hydroxylation is 2. The quantitative estimate of drug-likeness (QED) is 0.942. The Labute approximate surface area is 115 Å². The molecule has 0 aliphatic rings. The Bertz CT molecular complexity index is 546. The van der Waals surface area contributed by atoms with Gasteiger partial charge >= 0.3 is 0 Å². The minimum atomic E-state index is 0.422. The standard InChI is InChI=1S/C14H15BrN2O/c1-9-6-12(7-10(2)14(9)15)18-8-11-4-3-5-13(16)17-11/h3-7H,8H2,1-2H3,(H2,16,17). The maximum Gasteiger partial charge on any atom is 0.130 e. The molecular formula is C14H15BrN2O. The van der Waals surface area contributed by atoms with Crippen LogP contribution in [0.3, 0.4) is 0 Å². The number of rotatable bonds is 3. The van der Waals surface area contributed by atoms with Gasteiger partial charge in [-0.25, -0.2) is 4.98 Å². The lowest BCUT2D eigenvalue weighted by molar-refractivity contribution is 0.301. The summed E-state index contributed by atoms with van der Waals surface area (Å²) in [5.74, 6) is 1.36. The molecule has 3 nitrogen and oxygen atoms in total. The predicted octanol–water partition coefficient (Wildman–Crippen LogP) is 3.62. The fraction of sp³-hybridized carbons (Fsp3) is 0.214. The van der Waals surface area contributed by atoms with Crippen molar-refractivity contribution >= 4 is 21.7 Å². The molecule has 0 fully saturated rings. The van der Waals surface area contributed by atoms with Crippen LogP contribution in [0.4, 0.5) is 5.82 Å². The van der Waals surface area contributed by atoms with Crippen LogP contribution in [0.25, 0.3) is 0 Å². The molecule has 0 unspecified atom stereocenters. The maximum absolute atomic E-state index is 5.72. The summed E-state index contributed by atoms with van der Waals surface area (Å²) in [6.07, 6.45) is 0. The van der Waals surface area contributed by atoms with Gasteiger partial charge in [0, 0.05) is 4.47 Å². The van der Waals surface area contributed by atoms with Gasteiger partial charge in [-0.15, -0.1) is 0 Å². The molecule has 1 heterocycles. The molecule has 0 spiro atoms. The SMILES string of the molecule is Cc1cc(OCc2cccc(N)n2)cc(C)c1Br. The molecule has 0 radical (unpaired) electrons. The van der Waals surface area contributed by atoms with Crippen molar-refractivity contribution in [1.29, 1.82) is 0 Å². The summed E-state index contributed by atoms with van der Waals surface area (Å²) >= 11 is 3.53. The first-order valence-corrected chi connectivity index (χ1v) is 6.46. The van der Waals surface area contributed by atoms with E-state index >= 15 is 0 Å². The average Bonchev–Trinajstić information content (AvgIpc) is 2.33. The first-order valence-electron chi connectivity index (χ1n) is 5.67. The van der Waals surface area contributed by atoms with Crippen LogP contribution in [0.1, 0.15) is 16.8 Å². The van der Waals surface area contributed by atoms with Crippen LogP contribution in [0.5, 0.6) is 5.75 Å². The number of anilines is 1. The van der Waals surface area contributed by atoms with Gasteiger partial charge < -0.3 is 10.5 Å². The van der Waals surface area contributed by atoms with Crippen molar-refractivity contribution in [3.63, 3.8) is 0 Å². The van der Waals surface area contributed by atoms with Crippen molar-refractivity contribution in [2.75, 3.05) is 5.73 Å². The van der Waals surface area contributed by atoms with Gasteiger partial charge in [0.2, 0.25) is 0 Å². The number of halogens is 1. The highest BCUT2D eigenvalue weighted by molar-refractivity contribution is 9.10. The zero-order valence-corrected chi connectivity index (χ0v) is 12.0. The van der Waals surface area contributed by atoms with E-state index < -0.39 is 0 Å². The van der Waals surface area contributed by atoms with Crippen molar-refractivity contribution < 1.29 is 4.74 Å². The molecule has 18 heavy (non-hydrogen) atoms. The van der Waals surface area contributed by atoms with Crippen molar-refractivity contribution in [2.24, 2.45) is 0 Å². The van der Waals surface area contributed by atoms with Crippen LogP contribution < -0.4 is 10.5 Å².